The van der Waals surface area contributed by atoms with Crippen molar-refractivity contribution in [1.82, 2.24) is 14.9 Å². The molecule has 3 saturated carbocycles. The maximum absolute atomic E-state index is 13.2. The van der Waals surface area contributed by atoms with Gasteiger partial charge in [0.25, 0.3) is 0 Å². The van der Waals surface area contributed by atoms with Gasteiger partial charge in [-0.1, -0.05) is 49.6 Å². The monoisotopic (exact) mass is 491 g/mol. The van der Waals surface area contributed by atoms with E-state index in [2.05, 4.69) is 22.8 Å². The van der Waals surface area contributed by atoms with Crippen LogP contribution < -0.4 is 10.6 Å². The quantitative estimate of drug-likeness (QED) is 0.543. The summed E-state index contributed by atoms with van der Waals surface area (Å²) in [6.45, 7) is 1.46. The normalized spacial score (nSPS) is 31.6. The largest absolute Gasteiger partial charge is 0.593 e. The van der Waals surface area contributed by atoms with Gasteiger partial charge in [-0.3, -0.25) is 0 Å². The predicted octanol–water partition coefficient (Wildman–Crippen LogP) is 5.50. The molecule has 1 aliphatic heterocycles. The number of hydrogen-bond donors (Lipinski definition) is 2. The number of hydrogen-bond acceptors (Lipinski definition) is 3. The Morgan fingerprint density at radius 2 is 1.60 bits per heavy atom. The number of carbonyl (C=O) groups is 1. The first-order valence-corrected chi connectivity index (χ1v) is 14.6. The first-order valence-electron chi connectivity index (χ1n) is 13.5. The first kappa shape index (κ1) is 23.4. The van der Waals surface area contributed by atoms with Gasteiger partial charge in [0, 0.05) is 24.7 Å². The topological polar surface area (TPSA) is 67.4 Å². The molecule has 0 radical (unpaired) electrons. The van der Waals surface area contributed by atoms with E-state index in [1.165, 1.54) is 50.5 Å². The van der Waals surface area contributed by atoms with Crippen LogP contribution in [0.25, 0.3) is 11.1 Å². The standard InChI is InChI=1S/C29H37N3O2S/c33-28(31-29-18-21-5-4-8-24(19-29)25(17-21)20-29)30-26-13-15-32(16-14-26)35(34)27-11-9-23(10-12-27)22-6-2-1-3-7-22/h1-3,6-7,9-12,21,24-26H,4-5,8,13-20H2,(H2,30,31,33). The maximum atomic E-state index is 13.2. The Morgan fingerprint density at radius 3 is 2.37 bits per heavy atom. The van der Waals surface area contributed by atoms with Gasteiger partial charge < -0.3 is 15.2 Å². The zero-order chi connectivity index (χ0) is 23.8. The molecule has 5 atom stereocenters. The highest BCUT2D eigenvalue weighted by atomic mass is 32.2. The molecule has 3 bridgehead atoms. The zero-order valence-electron chi connectivity index (χ0n) is 20.5. The van der Waals surface area contributed by atoms with E-state index >= 15 is 0 Å². The number of benzene rings is 2. The Hall–Kier alpha value is -2.02. The summed E-state index contributed by atoms with van der Waals surface area (Å²) in [6, 6.07) is 18.5. The average Bonchev–Trinajstić information content (AvgIpc) is 3.03. The van der Waals surface area contributed by atoms with E-state index in [0.29, 0.717) is 0 Å². The second kappa shape index (κ2) is 9.79. The molecule has 5 nitrogen and oxygen atoms in total. The van der Waals surface area contributed by atoms with Crippen LogP contribution >= 0.6 is 0 Å². The van der Waals surface area contributed by atoms with Gasteiger partial charge in [-0.05, 0) is 91.7 Å². The third kappa shape index (κ3) is 4.98. The van der Waals surface area contributed by atoms with Crippen LogP contribution in [-0.4, -0.2) is 39.6 Å². The van der Waals surface area contributed by atoms with E-state index in [1.807, 2.05) is 46.8 Å². The molecule has 5 unspecified atom stereocenters. The third-order valence-electron chi connectivity index (χ3n) is 9.04. The van der Waals surface area contributed by atoms with Crippen LogP contribution in [0, 0.1) is 17.8 Å². The summed E-state index contributed by atoms with van der Waals surface area (Å²) in [6.07, 6.45) is 10.7. The molecule has 4 fully saturated rings. The van der Waals surface area contributed by atoms with Crippen LogP contribution in [0.15, 0.2) is 59.5 Å². The highest BCUT2D eigenvalue weighted by Crippen LogP contribution is 2.55. The summed E-state index contributed by atoms with van der Waals surface area (Å²) in [5, 5.41) is 6.71. The van der Waals surface area contributed by atoms with Crippen molar-refractivity contribution in [2.24, 2.45) is 17.8 Å². The van der Waals surface area contributed by atoms with E-state index in [0.717, 1.165) is 54.1 Å². The number of nitrogens with one attached hydrogen (secondary N) is 2. The summed E-state index contributed by atoms with van der Waals surface area (Å²) in [5.41, 5.74) is 2.34. The fraction of sp³-hybridized carbons (Fsp3) is 0.552. The lowest BCUT2D eigenvalue weighted by Gasteiger charge is -2.39. The zero-order valence-corrected chi connectivity index (χ0v) is 21.3. The number of rotatable bonds is 5. The van der Waals surface area contributed by atoms with Crippen molar-refractivity contribution >= 4 is 17.4 Å². The minimum atomic E-state index is -1.17. The van der Waals surface area contributed by atoms with Gasteiger partial charge >= 0.3 is 6.03 Å². The van der Waals surface area contributed by atoms with Gasteiger partial charge in [0.2, 0.25) is 0 Å². The number of nitrogens with zero attached hydrogens (tertiary/aromatic N) is 1. The van der Waals surface area contributed by atoms with Crippen LogP contribution in [0.4, 0.5) is 4.79 Å². The van der Waals surface area contributed by atoms with Gasteiger partial charge in [0.15, 0.2) is 4.90 Å². The first-order chi connectivity index (χ1) is 17.1. The lowest BCUT2D eigenvalue weighted by atomic mass is 9.75. The van der Waals surface area contributed by atoms with Crippen molar-refractivity contribution in [1.29, 1.82) is 0 Å². The molecule has 1 saturated heterocycles. The highest BCUT2D eigenvalue weighted by molar-refractivity contribution is 7.89. The van der Waals surface area contributed by atoms with E-state index in [1.54, 1.807) is 0 Å². The molecular weight excluding hydrogens is 454 g/mol. The molecule has 0 aromatic heterocycles. The minimum Gasteiger partial charge on any atom is -0.593 e. The SMILES string of the molecule is O=C(NC1CCN([S+]([O-])c2ccc(-c3ccccc3)cc2)CC1)NC12CC3CCCC(C1)C(C3)C2. The minimum absolute atomic E-state index is 0.0155. The molecule has 1 heterocycles. The highest BCUT2D eigenvalue weighted by Gasteiger charge is 2.52. The van der Waals surface area contributed by atoms with Gasteiger partial charge in [-0.2, -0.15) is 0 Å². The lowest BCUT2D eigenvalue weighted by molar-refractivity contribution is 0.173. The number of fused-ring (bicyclic) bond motifs is 2. The number of urea groups is 1. The summed E-state index contributed by atoms with van der Waals surface area (Å²) in [7, 11) is 0. The van der Waals surface area contributed by atoms with Crippen molar-refractivity contribution in [3.8, 4) is 11.1 Å². The van der Waals surface area contributed by atoms with Crippen molar-refractivity contribution in [3.63, 3.8) is 0 Å². The number of piperidine rings is 1. The molecule has 6 heteroatoms. The maximum Gasteiger partial charge on any atom is 0.315 e. The molecular formula is C29H37N3O2S. The Kier molecular flexibility index (Phi) is 6.54. The molecule has 2 aromatic carbocycles. The second-order valence-electron chi connectivity index (χ2n) is 11.4. The summed E-state index contributed by atoms with van der Waals surface area (Å²) in [5.74, 6) is 2.46. The third-order valence-corrected chi connectivity index (χ3v) is 10.6. The fourth-order valence-electron chi connectivity index (χ4n) is 7.48. The van der Waals surface area contributed by atoms with Gasteiger partial charge in [-0.25, -0.2) is 4.79 Å². The van der Waals surface area contributed by atoms with E-state index in [9.17, 15) is 9.35 Å². The predicted molar refractivity (Wildman–Crippen MR) is 140 cm³/mol. The average molecular weight is 492 g/mol. The Bertz CT molecular complexity index is 1020. The van der Waals surface area contributed by atoms with Crippen LogP contribution in [0.3, 0.4) is 0 Å². The van der Waals surface area contributed by atoms with E-state index in [-0.39, 0.29) is 17.6 Å². The Morgan fingerprint density at radius 1 is 0.886 bits per heavy atom. The Labute approximate surface area is 212 Å². The van der Waals surface area contributed by atoms with Crippen molar-refractivity contribution in [2.75, 3.05) is 13.1 Å². The number of carbonyl (C=O) groups excluding carboxylic acids is 1. The molecule has 2 N–H and O–H groups in total. The summed E-state index contributed by atoms with van der Waals surface area (Å²) in [4.78, 5) is 13.8. The molecule has 2 amide bonds. The van der Waals surface area contributed by atoms with Crippen molar-refractivity contribution in [3.05, 3.63) is 54.6 Å². The lowest BCUT2D eigenvalue weighted by Crippen LogP contribution is -2.56. The molecule has 3 aliphatic carbocycles. The smallest absolute Gasteiger partial charge is 0.315 e. The van der Waals surface area contributed by atoms with E-state index < -0.39 is 11.4 Å². The van der Waals surface area contributed by atoms with Crippen LogP contribution in [0.5, 0.6) is 0 Å². The fourth-order valence-corrected chi connectivity index (χ4v) is 8.69. The molecule has 35 heavy (non-hydrogen) atoms. The van der Waals surface area contributed by atoms with Crippen LogP contribution in [0.1, 0.15) is 57.8 Å². The Balaban J connectivity index is 0.998. The molecule has 6 rings (SSSR count). The summed E-state index contributed by atoms with van der Waals surface area (Å²) >= 11 is -1.17. The molecule has 4 aliphatic rings. The van der Waals surface area contributed by atoms with Crippen molar-refractivity contribution in [2.45, 2.75) is 74.3 Å². The van der Waals surface area contributed by atoms with Gasteiger partial charge in [0.05, 0.1) is 11.4 Å². The van der Waals surface area contributed by atoms with Crippen LogP contribution in [0.2, 0.25) is 0 Å². The molecule has 2 aromatic rings. The molecule has 0 spiro atoms. The molecule has 186 valence electrons. The van der Waals surface area contributed by atoms with Crippen molar-refractivity contribution < 1.29 is 9.35 Å². The van der Waals surface area contributed by atoms with Gasteiger partial charge in [-0.15, -0.1) is 4.31 Å². The second-order valence-corrected chi connectivity index (χ2v) is 12.9. The summed E-state index contributed by atoms with van der Waals surface area (Å²) < 4.78 is 15.2. The van der Waals surface area contributed by atoms with Gasteiger partial charge in [0.1, 0.15) is 0 Å². The number of amides is 2. The van der Waals surface area contributed by atoms with E-state index in [4.69, 9.17) is 0 Å². The van der Waals surface area contributed by atoms with Crippen LogP contribution in [-0.2, 0) is 11.4 Å².